The van der Waals surface area contributed by atoms with Gasteiger partial charge in [-0.1, -0.05) is 0 Å². The summed E-state index contributed by atoms with van der Waals surface area (Å²) in [6.07, 6.45) is 4.39. The number of rotatable bonds is 3. The lowest BCUT2D eigenvalue weighted by molar-refractivity contribution is 0.0229. The highest BCUT2D eigenvalue weighted by Gasteiger charge is 2.30. The molecule has 2 aliphatic rings. The van der Waals surface area contributed by atoms with Gasteiger partial charge in [-0.25, -0.2) is 4.79 Å². The van der Waals surface area contributed by atoms with Gasteiger partial charge >= 0.3 is 6.03 Å². The van der Waals surface area contributed by atoms with Crippen LogP contribution in [0, 0.1) is 0 Å². The number of carbonyl (C=O) groups is 1. The molecule has 2 amide bonds. The fourth-order valence-electron chi connectivity index (χ4n) is 1.71. The highest BCUT2D eigenvalue weighted by molar-refractivity contribution is 5.74. The number of amides is 2. The first-order valence-corrected chi connectivity index (χ1v) is 5.36. The van der Waals surface area contributed by atoms with Gasteiger partial charge in [0, 0.05) is 19.2 Å². The van der Waals surface area contributed by atoms with Crippen molar-refractivity contribution in [2.24, 2.45) is 0 Å². The van der Waals surface area contributed by atoms with E-state index in [1.165, 1.54) is 0 Å². The van der Waals surface area contributed by atoms with E-state index in [1.54, 1.807) is 0 Å². The molecule has 4 nitrogen and oxygen atoms in total. The smallest absolute Gasteiger partial charge is 0.315 e. The second-order valence-corrected chi connectivity index (χ2v) is 4.50. The van der Waals surface area contributed by atoms with Crippen molar-refractivity contribution < 1.29 is 9.53 Å². The molecule has 2 N–H and O–H groups in total. The molecule has 2 rings (SSSR count). The molecule has 1 aliphatic carbocycles. The van der Waals surface area contributed by atoms with Crippen molar-refractivity contribution in [2.75, 3.05) is 13.2 Å². The predicted molar refractivity (Wildman–Crippen MR) is 53.1 cm³/mol. The Bertz CT molecular complexity index is 220. The van der Waals surface area contributed by atoms with E-state index in [0.29, 0.717) is 12.6 Å². The topological polar surface area (TPSA) is 50.4 Å². The fourth-order valence-corrected chi connectivity index (χ4v) is 1.71. The maximum Gasteiger partial charge on any atom is 0.315 e. The van der Waals surface area contributed by atoms with E-state index in [4.69, 9.17) is 4.74 Å². The zero-order chi connectivity index (χ0) is 10.0. The van der Waals surface area contributed by atoms with Gasteiger partial charge < -0.3 is 15.4 Å². The first-order valence-electron chi connectivity index (χ1n) is 5.36. The molecule has 0 radical (unpaired) electrons. The van der Waals surface area contributed by atoms with Crippen LogP contribution in [0.25, 0.3) is 0 Å². The summed E-state index contributed by atoms with van der Waals surface area (Å²) >= 11 is 0. The van der Waals surface area contributed by atoms with Crippen LogP contribution >= 0.6 is 0 Å². The molecule has 14 heavy (non-hydrogen) atoms. The standard InChI is InChI=1S/C10H18N2O2/c1-10(5-2-6-14-10)7-11-9(13)12-8-3-4-8/h8H,2-7H2,1H3,(H2,11,12,13). The molecule has 80 valence electrons. The molecule has 1 saturated heterocycles. The Kier molecular flexibility index (Phi) is 2.63. The van der Waals surface area contributed by atoms with Gasteiger partial charge in [0.25, 0.3) is 0 Å². The molecule has 1 saturated carbocycles. The quantitative estimate of drug-likeness (QED) is 0.711. The second kappa shape index (κ2) is 3.77. The van der Waals surface area contributed by atoms with Crippen molar-refractivity contribution in [3.05, 3.63) is 0 Å². The lowest BCUT2D eigenvalue weighted by Gasteiger charge is -2.23. The average Bonchev–Trinajstić information content (AvgIpc) is 2.85. The third-order valence-electron chi connectivity index (χ3n) is 2.84. The van der Waals surface area contributed by atoms with Crippen molar-refractivity contribution >= 4 is 6.03 Å². The molecule has 1 heterocycles. The van der Waals surface area contributed by atoms with Crippen LogP contribution in [0.5, 0.6) is 0 Å². The zero-order valence-electron chi connectivity index (χ0n) is 8.64. The van der Waals surface area contributed by atoms with E-state index in [1.807, 2.05) is 0 Å². The van der Waals surface area contributed by atoms with Crippen LogP contribution in [0.15, 0.2) is 0 Å². The Morgan fingerprint density at radius 3 is 2.93 bits per heavy atom. The molecule has 0 aromatic heterocycles. The summed E-state index contributed by atoms with van der Waals surface area (Å²) in [7, 11) is 0. The van der Waals surface area contributed by atoms with E-state index >= 15 is 0 Å². The summed E-state index contributed by atoms with van der Waals surface area (Å²) in [5.74, 6) is 0. The minimum atomic E-state index is -0.138. The summed E-state index contributed by atoms with van der Waals surface area (Å²) < 4.78 is 5.57. The van der Waals surface area contributed by atoms with Gasteiger partial charge in [0.05, 0.1) is 5.60 Å². The van der Waals surface area contributed by atoms with Crippen LogP contribution in [0.2, 0.25) is 0 Å². The van der Waals surface area contributed by atoms with Crippen molar-refractivity contribution in [3.63, 3.8) is 0 Å². The first-order chi connectivity index (χ1) is 6.68. The minimum Gasteiger partial charge on any atom is -0.373 e. The van der Waals surface area contributed by atoms with Crippen LogP contribution in [0.1, 0.15) is 32.6 Å². The van der Waals surface area contributed by atoms with E-state index in [0.717, 1.165) is 32.3 Å². The Labute approximate surface area is 84.4 Å². The molecule has 0 spiro atoms. The minimum absolute atomic E-state index is 0.0516. The van der Waals surface area contributed by atoms with E-state index < -0.39 is 0 Å². The Hall–Kier alpha value is -0.770. The molecule has 1 unspecified atom stereocenters. The molecule has 0 aromatic carbocycles. The van der Waals surface area contributed by atoms with Gasteiger partial charge in [-0.2, -0.15) is 0 Å². The molecule has 4 heteroatoms. The van der Waals surface area contributed by atoms with Crippen LogP contribution in [0.4, 0.5) is 4.79 Å². The van der Waals surface area contributed by atoms with Gasteiger partial charge in [0.15, 0.2) is 0 Å². The van der Waals surface area contributed by atoms with Crippen LogP contribution in [-0.4, -0.2) is 30.8 Å². The maximum atomic E-state index is 11.3. The molecule has 0 aromatic rings. The molecular weight excluding hydrogens is 180 g/mol. The van der Waals surface area contributed by atoms with Gasteiger partial charge in [0.2, 0.25) is 0 Å². The van der Waals surface area contributed by atoms with Crippen molar-refractivity contribution in [3.8, 4) is 0 Å². The molecule has 1 aliphatic heterocycles. The van der Waals surface area contributed by atoms with Gasteiger partial charge in [-0.3, -0.25) is 0 Å². The normalized spacial score (nSPS) is 31.5. The number of carbonyl (C=O) groups excluding carboxylic acids is 1. The number of nitrogens with one attached hydrogen (secondary N) is 2. The average molecular weight is 198 g/mol. The number of ether oxygens (including phenoxy) is 1. The van der Waals surface area contributed by atoms with Gasteiger partial charge in [-0.05, 0) is 32.6 Å². The fraction of sp³-hybridized carbons (Fsp3) is 0.900. The molecule has 0 bridgehead atoms. The van der Waals surface area contributed by atoms with E-state index in [2.05, 4.69) is 17.6 Å². The van der Waals surface area contributed by atoms with Gasteiger partial charge in [-0.15, -0.1) is 0 Å². The summed E-state index contributed by atoms with van der Waals surface area (Å²) in [5, 5.41) is 5.75. The largest absolute Gasteiger partial charge is 0.373 e. The van der Waals surface area contributed by atoms with Crippen LogP contribution < -0.4 is 10.6 Å². The Morgan fingerprint density at radius 1 is 1.57 bits per heavy atom. The highest BCUT2D eigenvalue weighted by atomic mass is 16.5. The number of hydrogen-bond acceptors (Lipinski definition) is 2. The van der Waals surface area contributed by atoms with Crippen molar-refractivity contribution in [1.82, 2.24) is 10.6 Å². The highest BCUT2D eigenvalue weighted by Crippen LogP contribution is 2.24. The zero-order valence-corrected chi connectivity index (χ0v) is 8.64. The van der Waals surface area contributed by atoms with Crippen LogP contribution in [0.3, 0.4) is 0 Å². The third kappa shape index (κ3) is 2.61. The van der Waals surface area contributed by atoms with E-state index in [-0.39, 0.29) is 11.6 Å². The predicted octanol–water partition coefficient (Wildman–Crippen LogP) is 1.02. The molecular formula is C10H18N2O2. The lowest BCUT2D eigenvalue weighted by Crippen LogP contribution is -2.45. The summed E-state index contributed by atoms with van der Waals surface area (Å²) in [6.45, 7) is 3.49. The van der Waals surface area contributed by atoms with Crippen molar-refractivity contribution in [2.45, 2.75) is 44.2 Å². The first kappa shape index (κ1) is 9.77. The number of hydrogen-bond donors (Lipinski definition) is 2. The molecule has 2 fully saturated rings. The monoisotopic (exact) mass is 198 g/mol. The number of urea groups is 1. The molecule has 1 atom stereocenters. The summed E-state index contributed by atoms with van der Waals surface area (Å²) in [5.41, 5.74) is -0.138. The SMILES string of the molecule is CC1(CNC(=O)NC2CC2)CCCO1. The van der Waals surface area contributed by atoms with Crippen LogP contribution in [-0.2, 0) is 4.74 Å². The lowest BCUT2D eigenvalue weighted by atomic mass is 10.0. The Morgan fingerprint density at radius 2 is 2.36 bits per heavy atom. The Balaban J connectivity index is 1.67. The third-order valence-corrected chi connectivity index (χ3v) is 2.84. The summed E-state index contributed by atoms with van der Waals surface area (Å²) in [6, 6.07) is 0.372. The van der Waals surface area contributed by atoms with E-state index in [9.17, 15) is 4.79 Å². The van der Waals surface area contributed by atoms with Gasteiger partial charge in [0.1, 0.15) is 0 Å². The second-order valence-electron chi connectivity index (χ2n) is 4.50. The summed E-state index contributed by atoms with van der Waals surface area (Å²) in [4.78, 5) is 11.3. The van der Waals surface area contributed by atoms with Crippen molar-refractivity contribution in [1.29, 1.82) is 0 Å². The maximum absolute atomic E-state index is 11.3.